The van der Waals surface area contributed by atoms with Crippen molar-refractivity contribution in [2.75, 3.05) is 4.90 Å². The van der Waals surface area contributed by atoms with Crippen molar-refractivity contribution >= 4 is 34.4 Å². The van der Waals surface area contributed by atoms with Crippen molar-refractivity contribution in [2.24, 2.45) is 0 Å². The summed E-state index contributed by atoms with van der Waals surface area (Å²) in [6, 6.07) is 5.09. The predicted molar refractivity (Wildman–Crippen MR) is 94.9 cm³/mol. The molecule has 2 atom stereocenters. The zero-order valence-corrected chi connectivity index (χ0v) is 15.5. The maximum Gasteiger partial charge on any atom is 0.256 e. The Hall–Kier alpha value is -1.99. The number of halogens is 1. The molecule has 0 N–H and O–H groups in total. The van der Waals surface area contributed by atoms with E-state index in [1.807, 2.05) is 20.8 Å². The molecule has 0 saturated heterocycles. The van der Waals surface area contributed by atoms with E-state index >= 15 is 0 Å². The first-order chi connectivity index (χ1) is 11.7. The Kier molecular flexibility index (Phi) is 3.46. The number of hydrogen-bond acceptors (Lipinski definition) is 5. The minimum atomic E-state index is -1.92. The lowest BCUT2D eigenvalue weighted by Crippen LogP contribution is -2.53. The summed E-state index contributed by atoms with van der Waals surface area (Å²) in [4.78, 5) is 23.7. The first kappa shape index (κ1) is 16.5. The first-order valence-electron chi connectivity index (χ1n) is 7.80. The summed E-state index contributed by atoms with van der Waals surface area (Å²) >= 11 is 4.02. The topological polar surface area (TPSA) is 72.4 Å². The highest BCUT2D eigenvalue weighted by molar-refractivity contribution is 7.82. The molecular weight excluding hydrogens is 362 g/mol. The molecule has 130 valence electrons. The fourth-order valence-electron chi connectivity index (χ4n) is 3.34. The van der Waals surface area contributed by atoms with E-state index in [1.54, 1.807) is 29.3 Å². The largest absolute Gasteiger partial charge is 0.398 e. The van der Waals surface area contributed by atoms with Gasteiger partial charge in [0.1, 0.15) is 5.82 Å². The maximum absolute atomic E-state index is 13.4. The maximum atomic E-state index is 13.4. The molecule has 0 aliphatic carbocycles. The molecule has 0 fully saturated rings. The molecule has 25 heavy (non-hydrogen) atoms. The number of nitrogens with zero attached hydrogens (tertiary/aromatic N) is 3. The van der Waals surface area contributed by atoms with Gasteiger partial charge >= 0.3 is 0 Å². The Balaban J connectivity index is 1.94. The van der Waals surface area contributed by atoms with Crippen molar-refractivity contribution in [3.63, 3.8) is 0 Å². The third kappa shape index (κ3) is 2.22. The van der Waals surface area contributed by atoms with Gasteiger partial charge in [0.2, 0.25) is 11.1 Å². The fraction of sp³-hybridized carbons (Fsp3) is 0.353. The van der Waals surface area contributed by atoms with Crippen LogP contribution < -0.4 is 9.08 Å². The van der Waals surface area contributed by atoms with Gasteiger partial charge in [0, 0.05) is 36.0 Å². The lowest BCUT2D eigenvalue weighted by atomic mass is 9.94. The van der Waals surface area contributed by atoms with Crippen LogP contribution in [0.3, 0.4) is 0 Å². The molecule has 1 amide bonds. The normalized spacial score (nSPS) is 24.9. The molecule has 0 radical (unpaired) electrons. The number of carbonyl (C=O) groups is 1. The summed E-state index contributed by atoms with van der Waals surface area (Å²) in [5.74, 6) is 0.590. The molecule has 2 aromatic heterocycles. The third-order valence-electron chi connectivity index (χ3n) is 4.42. The quantitative estimate of drug-likeness (QED) is 0.705. The molecule has 2 aliphatic rings. The van der Waals surface area contributed by atoms with Crippen LogP contribution in [0.5, 0.6) is 5.75 Å². The highest BCUT2D eigenvalue weighted by atomic mass is 35.5. The van der Waals surface area contributed by atoms with Crippen LogP contribution in [0.25, 0.3) is 0 Å². The van der Waals surface area contributed by atoms with Gasteiger partial charge in [0.15, 0.2) is 10.5 Å². The number of anilines is 1. The van der Waals surface area contributed by atoms with E-state index in [0.717, 1.165) is 0 Å². The Morgan fingerprint density at radius 3 is 2.84 bits per heavy atom. The highest BCUT2D eigenvalue weighted by Gasteiger charge is 2.61. The summed E-state index contributed by atoms with van der Waals surface area (Å²) in [7, 11) is 0. The number of amides is 1. The molecule has 2 aliphatic heterocycles. The summed E-state index contributed by atoms with van der Waals surface area (Å²) in [6.07, 6.45) is 3.30. The lowest BCUT2D eigenvalue weighted by Gasteiger charge is -2.35. The van der Waals surface area contributed by atoms with E-state index in [1.165, 1.54) is 6.20 Å². The minimum Gasteiger partial charge on any atom is -0.398 e. The molecule has 0 bridgehead atoms. The molecule has 0 unspecified atom stereocenters. The van der Waals surface area contributed by atoms with Gasteiger partial charge in [-0.2, -0.15) is 0 Å². The molecule has 0 saturated carbocycles. The summed E-state index contributed by atoms with van der Waals surface area (Å²) in [5.41, 5.74) is 0.653. The second-order valence-corrected chi connectivity index (χ2v) is 8.88. The Labute approximate surface area is 152 Å². The van der Waals surface area contributed by atoms with Crippen molar-refractivity contribution in [1.82, 2.24) is 9.97 Å². The Morgan fingerprint density at radius 1 is 1.36 bits per heavy atom. The zero-order valence-electron chi connectivity index (χ0n) is 13.9. The van der Waals surface area contributed by atoms with Crippen molar-refractivity contribution in [3.8, 4) is 5.75 Å². The molecule has 6 nitrogen and oxygen atoms in total. The standard InChI is InChI=1S/C17H16ClN3O3S/c1-16(2,3)21-14-11(5-4-6-19-14)17(15(21)22)8-12-13(24-25(17)23)7-10(18)9-20-12/h4-7,9H,8H2,1-3H3/t17-,25+/m0/s1. The number of hydrogen-bond donors (Lipinski definition) is 0. The summed E-state index contributed by atoms with van der Waals surface area (Å²) in [5, 5.41) is 0.392. The number of fused-ring (bicyclic) bond motifs is 3. The second-order valence-electron chi connectivity index (χ2n) is 7.11. The number of rotatable bonds is 0. The molecule has 1 spiro atoms. The van der Waals surface area contributed by atoms with Gasteiger partial charge in [-0.3, -0.25) is 14.7 Å². The molecule has 8 heteroatoms. The van der Waals surface area contributed by atoms with Crippen LogP contribution in [-0.2, 0) is 27.0 Å². The average molecular weight is 378 g/mol. The van der Waals surface area contributed by atoms with Gasteiger partial charge in [-0.15, -0.1) is 0 Å². The lowest BCUT2D eigenvalue weighted by molar-refractivity contribution is -0.121. The summed E-state index contributed by atoms with van der Waals surface area (Å²) in [6.45, 7) is 5.75. The van der Waals surface area contributed by atoms with Crippen LogP contribution in [0.2, 0.25) is 5.02 Å². The van der Waals surface area contributed by atoms with E-state index < -0.39 is 21.4 Å². The van der Waals surface area contributed by atoms with E-state index in [2.05, 4.69) is 9.97 Å². The molecular formula is C17H16ClN3O3S. The zero-order chi connectivity index (χ0) is 18.0. The predicted octanol–water partition coefficient (Wildman–Crippen LogP) is 2.77. The van der Waals surface area contributed by atoms with Crippen molar-refractivity contribution in [1.29, 1.82) is 0 Å². The van der Waals surface area contributed by atoms with Crippen molar-refractivity contribution < 1.29 is 13.2 Å². The van der Waals surface area contributed by atoms with Gasteiger partial charge in [-0.1, -0.05) is 17.7 Å². The fourth-order valence-corrected chi connectivity index (χ4v) is 4.76. The van der Waals surface area contributed by atoms with Crippen molar-refractivity contribution in [2.45, 2.75) is 37.5 Å². The first-order valence-corrected chi connectivity index (χ1v) is 9.25. The van der Waals surface area contributed by atoms with Crippen LogP contribution in [0.1, 0.15) is 32.0 Å². The highest BCUT2D eigenvalue weighted by Crippen LogP contribution is 2.50. The van der Waals surface area contributed by atoms with Crippen LogP contribution in [0.4, 0.5) is 5.82 Å². The van der Waals surface area contributed by atoms with Gasteiger partial charge in [0.25, 0.3) is 5.91 Å². The molecule has 2 aromatic rings. The Bertz CT molecular complexity index is 928. The average Bonchev–Trinajstić information content (AvgIpc) is 2.78. The number of carbonyl (C=O) groups excluding carboxylic acids is 1. The molecule has 4 heterocycles. The van der Waals surface area contributed by atoms with E-state index in [-0.39, 0.29) is 12.3 Å². The molecule has 4 rings (SSSR count). The van der Waals surface area contributed by atoms with Crippen LogP contribution >= 0.6 is 11.6 Å². The van der Waals surface area contributed by atoms with Gasteiger partial charge in [0.05, 0.1) is 10.7 Å². The Morgan fingerprint density at radius 2 is 2.12 bits per heavy atom. The smallest absolute Gasteiger partial charge is 0.256 e. The third-order valence-corrected chi connectivity index (χ3v) is 6.06. The minimum absolute atomic E-state index is 0.177. The SMILES string of the molecule is CC(C)(C)N1C(=O)[C@]2(Cc3ncc(Cl)cc3O[S@]2=O)c2cccnc21. The molecule has 0 aromatic carbocycles. The van der Waals surface area contributed by atoms with Gasteiger partial charge in [-0.05, 0) is 26.8 Å². The number of aromatic nitrogens is 2. The van der Waals surface area contributed by atoms with Crippen LogP contribution in [0, 0.1) is 0 Å². The van der Waals surface area contributed by atoms with Crippen LogP contribution in [-0.4, -0.2) is 25.6 Å². The van der Waals surface area contributed by atoms with Crippen molar-refractivity contribution in [3.05, 3.63) is 46.9 Å². The van der Waals surface area contributed by atoms with Crippen LogP contribution in [0.15, 0.2) is 30.6 Å². The summed E-state index contributed by atoms with van der Waals surface area (Å²) < 4.78 is 17.3. The monoisotopic (exact) mass is 377 g/mol. The van der Waals surface area contributed by atoms with E-state index in [4.69, 9.17) is 15.8 Å². The number of pyridine rings is 2. The van der Waals surface area contributed by atoms with E-state index in [0.29, 0.717) is 27.8 Å². The van der Waals surface area contributed by atoms with E-state index in [9.17, 15) is 9.00 Å². The van der Waals surface area contributed by atoms with Gasteiger partial charge in [-0.25, -0.2) is 9.19 Å². The second kappa shape index (κ2) is 5.25. The van der Waals surface area contributed by atoms with Gasteiger partial charge < -0.3 is 4.18 Å².